The summed E-state index contributed by atoms with van der Waals surface area (Å²) in [7, 11) is 2.15. The van der Waals surface area contributed by atoms with Crippen molar-refractivity contribution in [3.63, 3.8) is 0 Å². The molecule has 2 aliphatic heterocycles. The van der Waals surface area contributed by atoms with Gasteiger partial charge >= 0.3 is 0 Å². The minimum atomic E-state index is -0.677. The summed E-state index contributed by atoms with van der Waals surface area (Å²) in [5.41, 5.74) is -0.151. The van der Waals surface area contributed by atoms with Crippen molar-refractivity contribution in [2.24, 2.45) is 0 Å². The first-order valence-electron chi connectivity index (χ1n) is 10.6. The minimum Gasteiger partial charge on any atom is -0.385 e. The van der Waals surface area contributed by atoms with Crippen LogP contribution in [0, 0.1) is 0 Å². The maximum atomic E-state index is 9.84. The zero-order valence-corrected chi connectivity index (χ0v) is 18.4. The fourth-order valence-electron chi connectivity index (χ4n) is 4.16. The molecule has 1 N–H and O–H groups in total. The Morgan fingerprint density at radius 1 is 0.900 bits per heavy atom. The summed E-state index contributed by atoms with van der Waals surface area (Å²) in [6.45, 7) is 12.6. The Labute approximate surface area is 178 Å². The fraction of sp³-hybridized carbons (Fsp3) is 0.619. The third-order valence-corrected chi connectivity index (χ3v) is 5.95. The summed E-state index contributed by atoms with van der Waals surface area (Å²) in [5, 5.41) is 9.84. The van der Waals surface area contributed by atoms with Crippen LogP contribution in [0.5, 0.6) is 0 Å². The molecule has 9 nitrogen and oxygen atoms in total. The highest BCUT2D eigenvalue weighted by atomic mass is 16.3. The summed E-state index contributed by atoms with van der Waals surface area (Å²) < 4.78 is 0. The first kappa shape index (κ1) is 20.7. The van der Waals surface area contributed by atoms with Crippen molar-refractivity contribution in [3.05, 3.63) is 30.4 Å². The van der Waals surface area contributed by atoms with Gasteiger partial charge < -0.3 is 24.7 Å². The van der Waals surface area contributed by atoms with E-state index in [0.717, 1.165) is 63.4 Å². The third kappa shape index (κ3) is 4.32. The molecule has 0 saturated carbocycles. The Hall–Kier alpha value is -2.52. The molecular formula is C21H32N8O. The lowest BCUT2D eigenvalue weighted by Crippen LogP contribution is -2.60. The molecule has 4 rings (SSSR count). The minimum absolute atomic E-state index is 0.151. The van der Waals surface area contributed by atoms with Gasteiger partial charge in [-0.3, -0.25) is 0 Å². The van der Waals surface area contributed by atoms with Crippen molar-refractivity contribution in [1.82, 2.24) is 24.8 Å². The molecule has 30 heavy (non-hydrogen) atoms. The van der Waals surface area contributed by atoms with E-state index in [2.05, 4.69) is 55.4 Å². The highest BCUT2D eigenvalue weighted by Gasteiger charge is 2.35. The van der Waals surface area contributed by atoms with Gasteiger partial charge in [-0.2, -0.15) is 4.98 Å². The van der Waals surface area contributed by atoms with Gasteiger partial charge in [-0.1, -0.05) is 0 Å². The number of hydrogen-bond donors (Lipinski definition) is 1. The zero-order chi connectivity index (χ0) is 21.3. The van der Waals surface area contributed by atoms with Crippen molar-refractivity contribution in [1.29, 1.82) is 0 Å². The van der Waals surface area contributed by atoms with Crippen LogP contribution >= 0.6 is 0 Å². The molecule has 2 aliphatic rings. The lowest BCUT2D eigenvalue weighted by molar-refractivity contribution is 0.188. The van der Waals surface area contributed by atoms with Crippen LogP contribution in [-0.2, 0) is 0 Å². The monoisotopic (exact) mass is 412 g/mol. The average Bonchev–Trinajstić information content (AvgIpc) is 2.73. The first-order chi connectivity index (χ1) is 14.3. The Kier molecular flexibility index (Phi) is 5.75. The van der Waals surface area contributed by atoms with Gasteiger partial charge in [-0.15, -0.1) is 0 Å². The molecule has 0 radical (unpaired) electrons. The molecule has 2 aromatic heterocycles. The van der Waals surface area contributed by atoms with Gasteiger partial charge in [-0.25, -0.2) is 15.0 Å². The van der Waals surface area contributed by atoms with E-state index < -0.39 is 6.10 Å². The van der Waals surface area contributed by atoms with E-state index in [1.165, 1.54) is 0 Å². The Balaban J connectivity index is 1.50. The highest BCUT2D eigenvalue weighted by Crippen LogP contribution is 2.29. The van der Waals surface area contributed by atoms with Crippen molar-refractivity contribution < 1.29 is 5.11 Å². The molecule has 0 unspecified atom stereocenters. The molecule has 0 bridgehead atoms. The number of piperazine rings is 2. The molecule has 0 amide bonds. The molecule has 0 aliphatic carbocycles. The third-order valence-electron chi connectivity index (χ3n) is 5.95. The van der Waals surface area contributed by atoms with Crippen LogP contribution in [0.3, 0.4) is 0 Å². The predicted octanol–water partition coefficient (Wildman–Crippen LogP) is 1.18. The molecule has 2 aromatic rings. The number of hydrogen-bond acceptors (Lipinski definition) is 9. The lowest BCUT2D eigenvalue weighted by atomic mass is 9.98. The van der Waals surface area contributed by atoms with Gasteiger partial charge in [0.15, 0.2) is 5.82 Å². The van der Waals surface area contributed by atoms with Crippen molar-refractivity contribution in [3.8, 4) is 0 Å². The second kappa shape index (κ2) is 8.31. The summed E-state index contributed by atoms with van der Waals surface area (Å²) in [6.07, 6.45) is 2.91. The average molecular weight is 413 g/mol. The normalized spacial score (nSPS) is 21.0. The standard InChI is InChI=1S/C21H32N8O/c1-16(30)19-22-7-6-18(24-19)29-14-13-28(15-21(29,2)3)17-5-8-23-20(25-17)27-11-9-26(4)10-12-27/h5-8,16,30H,9-15H2,1-4H3/t16-/m1/s1. The molecule has 1 atom stereocenters. The van der Waals surface area contributed by atoms with Gasteiger partial charge in [0.1, 0.15) is 17.7 Å². The number of rotatable bonds is 4. The van der Waals surface area contributed by atoms with Gasteiger partial charge in [0.2, 0.25) is 5.95 Å². The van der Waals surface area contributed by atoms with Crippen LogP contribution in [-0.4, -0.2) is 88.3 Å². The second-order valence-electron chi connectivity index (χ2n) is 8.84. The van der Waals surface area contributed by atoms with Gasteiger partial charge in [0.05, 0.1) is 5.54 Å². The van der Waals surface area contributed by atoms with Crippen LogP contribution in [0.25, 0.3) is 0 Å². The molecule has 162 valence electrons. The molecule has 0 spiro atoms. The summed E-state index contributed by atoms with van der Waals surface area (Å²) in [6, 6.07) is 3.92. The van der Waals surface area contributed by atoms with E-state index >= 15 is 0 Å². The number of aliphatic hydroxyl groups is 1. The number of likely N-dealkylation sites (N-methyl/N-ethyl adjacent to an activating group) is 1. The number of aliphatic hydroxyl groups excluding tert-OH is 1. The first-order valence-corrected chi connectivity index (χ1v) is 10.6. The smallest absolute Gasteiger partial charge is 0.227 e. The molecule has 2 fully saturated rings. The molecule has 9 heteroatoms. The largest absolute Gasteiger partial charge is 0.385 e. The van der Waals surface area contributed by atoms with Crippen LogP contribution < -0.4 is 14.7 Å². The zero-order valence-electron chi connectivity index (χ0n) is 18.4. The van der Waals surface area contributed by atoms with E-state index in [1.807, 2.05) is 18.3 Å². The molecule has 4 heterocycles. The topological polar surface area (TPSA) is 84.8 Å². The summed E-state index contributed by atoms with van der Waals surface area (Å²) in [5.74, 6) is 3.10. The number of aromatic nitrogens is 4. The molecular weight excluding hydrogens is 380 g/mol. The predicted molar refractivity (Wildman–Crippen MR) is 118 cm³/mol. The van der Waals surface area contributed by atoms with Crippen LogP contribution in [0.2, 0.25) is 0 Å². The lowest BCUT2D eigenvalue weighted by Gasteiger charge is -2.48. The number of nitrogens with zero attached hydrogens (tertiary/aromatic N) is 8. The Morgan fingerprint density at radius 3 is 2.27 bits per heavy atom. The van der Waals surface area contributed by atoms with E-state index in [9.17, 15) is 5.11 Å². The summed E-state index contributed by atoms with van der Waals surface area (Å²) in [4.78, 5) is 27.4. The SMILES string of the molecule is C[C@@H](O)c1nccc(N2CCN(c3ccnc(N4CCN(C)CC4)n3)CC2(C)C)n1. The summed E-state index contributed by atoms with van der Waals surface area (Å²) >= 11 is 0. The van der Waals surface area contributed by atoms with Gasteiger partial charge in [-0.05, 0) is 40.0 Å². The van der Waals surface area contributed by atoms with Crippen LogP contribution in [0.1, 0.15) is 32.7 Å². The fourth-order valence-corrected chi connectivity index (χ4v) is 4.16. The van der Waals surface area contributed by atoms with Crippen molar-refractivity contribution >= 4 is 17.6 Å². The second-order valence-corrected chi connectivity index (χ2v) is 8.84. The van der Waals surface area contributed by atoms with E-state index in [1.54, 1.807) is 13.1 Å². The van der Waals surface area contributed by atoms with Crippen LogP contribution in [0.15, 0.2) is 24.5 Å². The Morgan fingerprint density at radius 2 is 1.57 bits per heavy atom. The quantitative estimate of drug-likeness (QED) is 0.795. The Bertz CT molecular complexity index is 866. The molecule has 2 saturated heterocycles. The maximum absolute atomic E-state index is 9.84. The van der Waals surface area contributed by atoms with Crippen molar-refractivity contribution in [2.75, 3.05) is 67.6 Å². The highest BCUT2D eigenvalue weighted by molar-refractivity contribution is 5.50. The van der Waals surface area contributed by atoms with Gasteiger partial charge in [0.25, 0.3) is 0 Å². The van der Waals surface area contributed by atoms with Gasteiger partial charge in [0, 0.05) is 58.2 Å². The van der Waals surface area contributed by atoms with Crippen molar-refractivity contribution in [2.45, 2.75) is 32.4 Å². The van der Waals surface area contributed by atoms with E-state index in [4.69, 9.17) is 4.98 Å². The van der Waals surface area contributed by atoms with Crippen LogP contribution in [0.4, 0.5) is 17.6 Å². The molecule has 0 aromatic carbocycles. The van der Waals surface area contributed by atoms with E-state index in [0.29, 0.717) is 5.82 Å². The van der Waals surface area contributed by atoms with E-state index in [-0.39, 0.29) is 5.54 Å². The number of anilines is 3. The maximum Gasteiger partial charge on any atom is 0.227 e.